The first kappa shape index (κ1) is 18.3. The molecular weight excluding hydrogens is 336 g/mol. The lowest BCUT2D eigenvalue weighted by molar-refractivity contribution is 0.0694. The molecule has 0 aromatic carbocycles. The minimum atomic E-state index is -1.22. The molecule has 0 unspecified atom stereocenters. The van der Waals surface area contributed by atoms with E-state index in [9.17, 15) is 14.7 Å². The monoisotopic (exact) mass is 360 g/mol. The summed E-state index contributed by atoms with van der Waals surface area (Å²) in [7, 11) is 1.65. The number of hydrogen-bond acceptors (Lipinski definition) is 6. The summed E-state index contributed by atoms with van der Waals surface area (Å²) in [5, 5.41) is 12.8. The molecule has 2 heterocycles. The molecule has 2 aromatic rings. The van der Waals surface area contributed by atoms with Gasteiger partial charge < -0.3 is 19.7 Å². The molecule has 8 nitrogen and oxygen atoms in total. The van der Waals surface area contributed by atoms with Crippen molar-refractivity contribution in [1.82, 2.24) is 14.5 Å². The third kappa shape index (κ3) is 3.85. The van der Waals surface area contributed by atoms with E-state index in [1.54, 1.807) is 7.11 Å². The Kier molecular flexibility index (Phi) is 5.82. The van der Waals surface area contributed by atoms with Crippen LogP contribution in [0.4, 0.5) is 5.95 Å². The van der Waals surface area contributed by atoms with Gasteiger partial charge in [0.1, 0.15) is 11.2 Å². The number of nitrogens with zero attached hydrogens (tertiary/aromatic N) is 3. The van der Waals surface area contributed by atoms with Crippen LogP contribution >= 0.6 is 0 Å². The van der Waals surface area contributed by atoms with Gasteiger partial charge in [0.05, 0.1) is 5.39 Å². The lowest BCUT2D eigenvalue weighted by Crippen LogP contribution is -2.23. The zero-order valence-electron chi connectivity index (χ0n) is 14.9. The van der Waals surface area contributed by atoms with E-state index in [1.807, 2.05) is 4.57 Å². The van der Waals surface area contributed by atoms with Gasteiger partial charge in [0.15, 0.2) is 0 Å². The first-order chi connectivity index (χ1) is 12.6. The van der Waals surface area contributed by atoms with Gasteiger partial charge in [-0.1, -0.05) is 19.3 Å². The molecule has 1 saturated carbocycles. The van der Waals surface area contributed by atoms with Gasteiger partial charge in [0.25, 0.3) is 0 Å². The summed E-state index contributed by atoms with van der Waals surface area (Å²) in [5.74, 6) is -0.788. The molecule has 3 rings (SSSR count). The first-order valence-electron chi connectivity index (χ1n) is 9.00. The Morgan fingerprint density at radius 1 is 1.38 bits per heavy atom. The maximum absolute atomic E-state index is 12.5. The highest BCUT2D eigenvalue weighted by molar-refractivity contribution is 5.91. The quantitative estimate of drug-likeness (QED) is 0.730. The van der Waals surface area contributed by atoms with Crippen molar-refractivity contribution in [2.24, 2.45) is 0 Å². The molecule has 1 aliphatic rings. The fourth-order valence-corrected chi connectivity index (χ4v) is 3.43. The predicted octanol–water partition coefficient (Wildman–Crippen LogP) is 2.44. The number of aromatic nitrogens is 3. The van der Waals surface area contributed by atoms with E-state index >= 15 is 0 Å². The van der Waals surface area contributed by atoms with E-state index in [4.69, 9.17) is 4.74 Å². The van der Waals surface area contributed by atoms with Crippen molar-refractivity contribution in [3.8, 4) is 0 Å². The zero-order chi connectivity index (χ0) is 18.5. The average Bonchev–Trinajstić information content (AvgIpc) is 2.66. The Morgan fingerprint density at radius 2 is 2.15 bits per heavy atom. The third-order valence-corrected chi connectivity index (χ3v) is 4.78. The summed E-state index contributed by atoms with van der Waals surface area (Å²) in [6, 6.07) is 0.154. The zero-order valence-corrected chi connectivity index (χ0v) is 14.9. The summed E-state index contributed by atoms with van der Waals surface area (Å²) in [4.78, 5) is 32.7. The number of anilines is 1. The lowest BCUT2D eigenvalue weighted by Gasteiger charge is -2.26. The van der Waals surface area contributed by atoms with Crippen molar-refractivity contribution in [3.05, 3.63) is 28.2 Å². The Bertz CT molecular complexity index is 843. The molecule has 26 heavy (non-hydrogen) atoms. The Hall–Kier alpha value is -2.48. The van der Waals surface area contributed by atoms with Crippen LogP contribution in [-0.2, 0) is 4.74 Å². The number of aromatic carboxylic acids is 1. The molecule has 0 saturated heterocycles. The van der Waals surface area contributed by atoms with Gasteiger partial charge in [-0.15, -0.1) is 0 Å². The summed E-state index contributed by atoms with van der Waals surface area (Å²) in [5.41, 5.74) is -0.269. The molecule has 1 aliphatic carbocycles. The second-order valence-electron chi connectivity index (χ2n) is 6.58. The van der Waals surface area contributed by atoms with Crippen LogP contribution in [-0.4, -0.2) is 45.9 Å². The molecule has 0 atom stereocenters. The molecule has 2 N–H and O–H groups in total. The van der Waals surface area contributed by atoms with E-state index in [0.29, 0.717) is 24.7 Å². The molecule has 1 fully saturated rings. The highest BCUT2D eigenvalue weighted by atomic mass is 16.5. The fraction of sp³-hybridized carbons (Fsp3) is 0.556. The molecule has 0 radical (unpaired) electrons. The molecule has 0 aliphatic heterocycles. The van der Waals surface area contributed by atoms with E-state index in [1.165, 1.54) is 18.8 Å². The predicted molar refractivity (Wildman–Crippen MR) is 97.9 cm³/mol. The summed E-state index contributed by atoms with van der Waals surface area (Å²) >= 11 is 0. The SMILES string of the molecule is COCCCNc1ncc2c(=O)c(C(=O)O)cn(C3CCCCC3)c2n1. The highest BCUT2D eigenvalue weighted by Gasteiger charge is 2.22. The largest absolute Gasteiger partial charge is 0.477 e. The number of methoxy groups -OCH3 is 1. The number of fused-ring (bicyclic) bond motifs is 1. The fourth-order valence-electron chi connectivity index (χ4n) is 3.43. The topological polar surface area (TPSA) is 106 Å². The number of ether oxygens (including phenoxy) is 1. The summed E-state index contributed by atoms with van der Waals surface area (Å²) in [6.45, 7) is 1.29. The molecular formula is C18H24N4O4. The normalized spacial score (nSPS) is 15.3. The average molecular weight is 360 g/mol. The molecule has 0 spiro atoms. The van der Waals surface area contributed by atoms with E-state index in [-0.39, 0.29) is 17.0 Å². The van der Waals surface area contributed by atoms with E-state index in [2.05, 4.69) is 15.3 Å². The van der Waals surface area contributed by atoms with Crippen LogP contribution < -0.4 is 10.7 Å². The molecule has 8 heteroatoms. The molecule has 140 valence electrons. The van der Waals surface area contributed by atoms with Crippen LogP contribution in [0.15, 0.2) is 17.2 Å². The first-order valence-corrected chi connectivity index (χ1v) is 9.00. The van der Waals surface area contributed by atoms with Gasteiger partial charge in [0.2, 0.25) is 11.4 Å². The minimum Gasteiger partial charge on any atom is -0.477 e. The third-order valence-electron chi connectivity index (χ3n) is 4.78. The van der Waals surface area contributed by atoms with Gasteiger partial charge in [-0.05, 0) is 19.3 Å². The number of carboxylic acids is 1. The summed E-state index contributed by atoms with van der Waals surface area (Å²) < 4.78 is 6.88. The Morgan fingerprint density at radius 3 is 2.85 bits per heavy atom. The van der Waals surface area contributed by atoms with Crippen molar-refractivity contribution in [1.29, 1.82) is 0 Å². The number of nitrogens with one attached hydrogen (secondary N) is 1. The Labute approximate surface area is 151 Å². The van der Waals surface area contributed by atoms with Crippen LogP contribution in [0, 0.1) is 0 Å². The van der Waals surface area contributed by atoms with Crippen LogP contribution in [0.5, 0.6) is 0 Å². The van der Waals surface area contributed by atoms with Crippen molar-refractivity contribution in [2.45, 2.75) is 44.6 Å². The molecule has 2 aromatic heterocycles. The van der Waals surface area contributed by atoms with Gasteiger partial charge in [-0.2, -0.15) is 4.98 Å². The Balaban J connectivity index is 2.03. The van der Waals surface area contributed by atoms with Crippen LogP contribution in [0.2, 0.25) is 0 Å². The van der Waals surface area contributed by atoms with Gasteiger partial charge in [0, 0.05) is 38.7 Å². The van der Waals surface area contributed by atoms with Crippen LogP contribution in [0.3, 0.4) is 0 Å². The van der Waals surface area contributed by atoms with Gasteiger partial charge >= 0.3 is 5.97 Å². The van der Waals surface area contributed by atoms with Crippen molar-refractivity contribution >= 4 is 23.0 Å². The van der Waals surface area contributed by atoms with E-state index in [0.717, 1.165) is 32.1 Å². The van der Waals surface area contributed by atoms with Gasteiger partial charge in [-0.3, -0.25) is 4.79 Å². The minimum absolute atomic E-state index is 0.154. The number of rotatable bonds is 7. The standard InChI is InChI=1S/C18H24N4O4/c1-26-9-5-8-19-18-20-10-13-15(23)14(17(24)25)11-22(16(13)21-18)12-6-3-2-4-7-12/h10-12H,2-9H2,1H3,(H,24,25)(H,19,20,21). The number of carboxylic acid groups (broad SMARTS) is 1. The van der Waals surface area contributed by atoms with E-state index < -0.39 is 11.4 Å². The maximum Gasteiger partial charge on any atom is 0.341 e. The highest BCUT2D eigenvalue weighted by Crippen LogP contribution is 2.30. The number of pyridine rings is 1. The van der Waals surface area contributed by atoms with Crippen molar-refractivity contribution in [3.63, 3.8) is 0 Å². The molecule has 0 amide bonds. The van der Waals surface area contributed by atoms with Gasteiger partial charge in [-0.25, -0.2) is 9.78 Å². The van der Waals surface area contributed by atoms with Crippen molar-refractivity contribution in [2.75, 3.05) is 25.6 Å². The number of carbonyl (C=O) groups is 1. The second-order valence-corrected chi connectivity index (χ2v) is 6.58. The lowest BCUT2D eigenvalue weighted by atomic mass is 9.95. The van der Waals surface area contributed by atoms with Crippen LogP contribution in [0.25, 0.3) is 11.0 Å². The van der Waals surface area contributed by atoms with Crippen molar-refractivity contribution < 1.29 is 14.6 Å². The smallest absolute Gasteiger partial charge is 0.341 e. The summed E-state index contributed by atoms with van der Waals surface area (Å²) in [6.07, 6.45) is 8.96. The number of hydrogen-bond donors (Lipinski definition) is 2. The maximum atomic E-state index is 12.5. The second kappa shape index (κ2) is 8.27. The van der Waals surface area contributed by atoms with Crippen LogP contribution in [0.1, 0.15) is 54.9 Å². The molecule has 0 bridgehead atoms.